The fourth-order valence-corrected chi connectivity index (χ4v) is 3.59. The molecule has 1 aromatic carbocycles. The number of likely N-dealkylation sites (tertiary alicyclic amines) is 1. The third-order valence-corrected chi connectivity index (χ3v) is 5.03. The molecule has 2 amide bonds. The van der Waals surface area contributed by atoms with Crippen LogP contribution >= 0.6 is 0 Å². The monoisotopic (exact) mass is 361 g/mol. The summed E-state index contributed by atoms with van der Waals surface area (Å²) in [5.41, 5.74) is 1.10. The van der Waals surface area contributed by atoms with Crippen LogP contribution in [0.2, 0.25) is 0 Å². The average Bonchev–Trinajstić information content (AvgIpc) is 3.32. The second kappa shape index (κ2) is 8.89. The summed E-state index contributed by atoms with van der Waals surface area (Å²) in [6, 6.07) is 8.07. The Balaban J connectivity index is 1.59. The molecular formula is C19H27N3O4. The first-order valence-electron chi connectivity index (χ1n) is 9.24. The van der Waals surface area contributed by atoms with Crippen molar-refractivity contribution in [2.75, 3.05) is 46.4 Å². The van der Waals surface area contributed by atoms with Gasteiger partial charge >= 0.3 is 6.09 Å². The van der Waals surface area contributed by atoms with E-state index in [-0.39, 0.29) is 24.5 Å². The number of carbonyl (C=O) groups is 2. The van der Waals surface area contributed by atoms with Crippen molar-refractivity contribution in [2.24, 2.45) is 0 Å². The van der Waals surface area contributed by atoms with Gasteiger partial charge in [0.25, 0.3) is 0 Å². The van der Waals surface area contributed by atoms with Crippen LogP contribution in [0, 0.1) is 0 Å². The second-order valence-corrected chi connectivity index (χ2v) is 6.66. The molecule has 7 nitrogen and oxygen atoms in total. The Bertz CT molecular complexity index is 631. The standard InChI is InChI=1S/C19H27N3O4/c1-25-17-7-3-2-6-15(17)16(21-9-4-5-10-21)14-20-18(23)8-11-22-12-13-26-19(22)24/h2-3,6-7,16H,4-5,8-14H2,1H3,(H,20,23)/t16-/m0/s1. The Morgan fingerprint density at radius 2 is 2.04 bits per heavy atom. The number of benzene rings is 1. The Morgan fingerprint density at radius 1 is 1.27 bits per heavy atom. The minimum absolute atomic E-state index is 0.0520. The summed E-state index contributed by atoms with van der Waals surface area (Å²) in [6.07, 6.45) is 2.31. The van der Waals surface area contributed by atoms with Crippen molar-refractivity contribution in [3.63, 3.8) is 0 Å². The van der Waals surface area contributed by atoms with Crippen molar-refractivity contribution >= 4 is 12.0 Å². The molecule has 2 aliphatic rings. The number of nitrogens with zero attached hydrogens (tertiary/aromatic N) is 2. The van der Waals surface area contributed by atoms with Gasteiger partial charge in [0.05, 0.1) is 19.7 Å². The third kappa shape index (κ3) is 4.46. The number of rotatable bonds is 8. The fourth-order valence-electron chi connectivity index (χ4n) is 3.59. The molecule has 0 saturated carbocycles. The number of carbonyl (C=O) groups excluding carboxylic acids is 2. The molecule has 0 radical (unpaired) electrons. The van der Waals surface area contributed by atoms with Gasteiger partial charge in [-0.15, -0.1) is 0 Å². The topological polar surface area (TPSA) is 71.1 Å². The van der Waals surface area contributed by atoms with Crippen LogP contribution in [0.5, 0.6) is 5.75 Å². The lowest BCUT2D eigenvalue weighted by Crippen LogP contribution is -2.38. The van der Waals surface area contributed by atoms with E-state index < -0.39 is 0 Å². The van der Waals surface area contributed by atoms with Crippen LogP contribution in [0.3, 0.4) is 0 Å². The first-order valence-corrected chi connectivity index (χ1v) is 9.24. The van der Waals surface area contributed by atoms with E-state index in [0.29, 0.717) is 26.2 Å². The van der Waals surface area contributed by atoms with Gasteiger partial charge in [0.1, 0.15) is 12.4 Å². The summed E-state index contributed by atoms with van der Waals surface area (Å²) in [6.45, 7) is 3.95. The molecule has 0 aromatic heterocycles. The number of hydrogen-bond acceptors (Lipinski definition) is 5. The van der Waals surface area contributed by atoms with Gasteiger partial charge in [-0.05, 0) is 32.0 Å². The molecule has 0 unspecified atom stereocenters. The van der Waals surface area contributed by atoms with Crippen molar-refractivity contribution in [2.45, 2.75) is 25.3 Å². The predicted octanol–water partition coefficient (Wildman–Crippen LogP) is 1.79. The van der Waals surface area contributed by atoms with Gasteiger partial charge in [-0.2, -0.15) is 0 Å². The molecule has 2 fully saturated rings. The number of ether oxygens (including phenoxy) is 2. The molecule has 26 heavy (non-hydrogen) atoms. The minimum Gasteiger partial charge on any atom is -0.496 e. The molecule has 0 spiro atoms. The molecule has 0 bridgehead atoms. The lowest BCUT2D eigenvalue weighted by molar-refractivity contribution is -0.121. The number of cyclic esters (lactones) is 1. The summed E-state index contributed by atoms with van der Waals surface area (Å²) in [4.78, 5) is 27.7. The molecular weight excluding hydrogens is 334 g/mol. The summed E-state index contributed by atoms with van der Waals surface area (Å²) < 4.78 is 10.4. The fraction of sp³-hybridized carbons (Fsp3) is 0.579. The Hall–Kier alpha value is -2.28. The van der Waals surface area contributed by atoms with Gasteiger partial charge in [-0.1, -0.05) is 18.2 Å². The van der Waals surface area contributed by atoms with Gasteiger partial charge in [-0.25, -0.2) is 4.79 Å². The highest BCUT2D eigenvalue weighted by Crippen LogP contribution is 2.31. The molecule has 0 aliphatic carbocycles. The second-order valence-electron chi connectivity index (χ2n) is 6.66. The molecule has 2 saturated heterocycles. The Kier molecular flexibility index (Phi) is 6.33. The van der Waals surface area contributed by atoms with Gasteiger partial charge in [0.15, 0.2) is 0 Å². The van der Waals surface area contributed by atoms with E-state index in [0.717, 1.165) is 24.4 Å². The highest BCUT2D eigenvalue weighted by atomic mass is 16.6. The quantitative estimate of drug-likeness (QED) is 0.764. The van der Waals surface area contributed by atoms with E-state index in [4.69, 9.17) is 9.47 Å². The summed E-state index contributed by atoms with van der Waals surface area (Å²) in [5.74, 6) is 0.794. The Labute approximate surface area is 154 Å². The summed E-state index contributed by atoms with van der Waals surface area (Å²) in [5, 5.41) is 3.03. The van der Waals surface area contributed by atoms with Crippen molar-refractivity contribution in [3.05, 3.63) is 29.8 Å². The van der Waals surface area contributed by atoms with Gasteiger partial charge in [-0.3, -0.25) is 9.69 Å². The van der Waals surface area contributed by atoms with Crippen LogP contribution in [0.4, 0.5) is 4.79 Å². The number of para-hydroxylation sites is 1. The maximum atomic E-state index is 12.3. The molecule has 1 atom stereocenters. The van der Waals surface area contributed by atoms with Gasteiger partial charge in [0, 0.05) is 25.1 Å². The normalized spacial score (nSPS) is 18.7. The number of hydrogen-bond donors (Lipinski definition) is 1. The largest absolute Gasteiger partial charge is 0.496 e. The molecule has 2 aliphatic heterocycles. The first kappa shape index (κ1) is 18.5. The van der Waals surface area contributed by atoms with E-state index in [1.807, 2.05) is 18.2 Å². The summed E-state index contributed by atoms with van der Waals surface area (Å²) in [7, 11) is 1.67. The average molecular weight is 361 g/mol. The maximum Gasteiger partial charge on any atom is 0.409 e. The van der Waals surface area contributed by atoms with Crippen LogP contribution in [0.15, 0.2) is 24.3 Å². The third-order valence-electron chi connectivity index (χ3n) is 5.03. The zero-order valence-corrected chi connectivity index (χ0v) is 15.3. The van der Waals surface area contributed by atoms with Crippen LogP contribution in [0.25, 0.3) is 0 Å². The van der Waals surface area contributed by atoms with Crippen molar-refractivity contribution in [3.8, 4) is 5.75 Å². The van der Waals surface area contributed by atoms with Crippen molar-refractivity contribution in [1.29, 1.82) is 0 Å². The number of nitrogens with one attached hydrogen (secondary N) is 1. The van der Waals surface area contributed by atoms with E-state index in [9.17, 15) is 9.59 Å². The lowest BCUT2D eigenvalue weighted by atomic mass is 10.0. The number of amides is 2. The van der Waals surface area contributed by atoms with Gasteiger partial charge < -0.3 is 19.7 Å². The van der Waals surface area contributed by atoms with E-state index in [1.54, 1.807) is 12.0 Å². The van der Waals surface area contributed by atoms with Gasteiger partial charge in [0.2, 0.25) is 5.91 Å². The first-order chi connectivity index (χ1) is 12.7. The summed E-state index contributed by atoms with van der Waals surface area (Å²) >= 11 is 0. The van der Waals surface area contributed by atoms with Crippen LogP contribution in [-0.2, 0) is 9.53 Å². The zero-order valence-electron chi connectivity index (χ0n) is 15.3. The van der Waals surface area contributed by atoms with E-state index >= 15 is 0 Å². The molecule has 142 valence electrons. The molecule has 1 N–H and O–H groups in total. The smallest absolute Gasteiger partial charge is 0.409 e. The molecule has 7 heteroatoms. The predicted molar refractivity (Wildman–Crippen MR) is 97.1 cm³/mol. The molecule has 2 heterocycles. The lowest BCUT2D eigenvalue weighted by Gasteiger charge is -2.29. The van der Waals surface area contributed by atoms with Crippen LogP contribution in [0.1, 0.15) is 30.9 Å². The number of methoxy groups -OCH3 is 1. The SMILES string of the molecule is COc1ccccc1[C@H](CNC(=O)CCN1CCOC1=O)N1CCCC1. The molecule has 1 aromatic rings. The molecule has 3 rings (SSSR count). The van der Waals surface area contributed by atoms with Crippen molar-refractivity contribution < 1.29 is 19.1 Å². The van der Waals surface area contributed by atoms with E-state index in [1.165, 1.54) is 12.8 Å². The maximum absolute atomic E-state index is 12.3. The van der Waals surface area contributed by atoms with Crippen LogP contribution in [-0.4, -0.2) is 68.2 Å². The minimum atomic E-state index is -0.332. The zero-order chi connectivity index (χ0) is 18.4. The highest BCUT2D eigenvalue weighted by molar-refractivity contribution is 5.77. The Morgan fingerprint density at radius 3 is 2.73 bits per heavy atom. The van der Waals surface area contributed by atoms with E-state index in [2.05, 4.69) is 16.3 Å². The highest BCUT2D eigenvalue weighted by Gasteiger charge is 2.27. The van der Waals surface area contributed by atoms with Crippen LogP contribution < -0.4 is 10.1 Å². The van der Waals surface area contributed by atoms with Crippen molar-refractivity contribution in [1.82, 2.24) is 15.1 Å².